The molecule has 1 aromatic heterocycles. The van der Waals surface area contributed by atoms with Crippen molar-refractivity contribution in [1.29, 1.82) is 0 Å². The minimum absolute atomic E-state index is 0.101. The van der Waals surface area contributed by atoms with Crippen molar-refractivity contribution in [3.63, 3.8) is 0 Å². The van der Waals surface area contributed by atoms with Crippen LogP contribution >= 0.6 is 43.2 Å². The van der Waals surface area contributed by atoms with E-state index in [-0.39, 0.29) is 17.6 Å². The van der Waals surface area contributed by atoms with Gasteiger partial charge in [0.15, 0.2) is 10.9 Å². The number of rotatable bonds is 6. The lowest BCUT2D eigenvalue weighted by atomic mass is 10.1. The molecule has 13 heteroatoms. The van der Waals surface area contributed by atoms with Crippen LogP contribution in [0.3, 0.4) is 0 Å². The van der Waals surface area contributed by atoms with Crippen LogP contribution in [0.15, 0.2) is 43.5 Å². The highest BCUT2D eigenvalue weighted by molar-refractivity contribution is 9.11. The molecule has 0 saturated carbocycles. The Bertz CT molecular complexity index is 1280. The standard InChI is InChI=1S/C21H19Br2F2N3O4S2/c1-31-13-7-12(8-14(9-13)32-2)17-11-33-21(26-17)27-3-5-28(6-4-27)34(29,30)20-18(23)16(24)10-15(22)19(20)25/h7-11H,3-6H2,1-2H3. The van der Waals surface area contributed by atoms with Crippen molar-refractivity contribution in [3.8, 4) is 22.8 Å². The predicted molar refractivity (Wildman–Crippen MR) is 133 cm³/mol. The zero-order valence-electron chi connectivity index (χ0n) is 18.0. The van der Waals surface area contributed by atoms with Gasteiger partial charge in [0.25, 0.3) is 0 Å². The van der Waals surface area contributed by atoms with Gasteiger partial charge in [-0.25, -0.2) is 22.2 Å². The molecule has 1 aliphatic heterocycles. The lowest BCUT2D eigenvalue weighted by molar-refractivity contribution is 0.381. The highest BCUT2D eigenvalue weighted by atomic mass is 79.9. The molecule has 34 heavy (non-hydrogen) atoms. The quantitative estimate of drug-likeness (QED) is 0.348. The summed E-state index contributed by atoms with van der Waals surface area (Å²) < 4.78 is 66.0. The second-order valence-corrected chi connectivity index (χ2v) is 11.7. The summed E-state index contributed by atoms with van der Waals surface area (Å²) in [5, 5.41) is 2.64. The largest absolute Gasteiger partial charge is 0.497 e. The third-order valence-electron chi connectivity index (χ3n) is 5.32. The fourth-order valence-electron chi connectivity index (χ4n) is 3.52. The van der Waals surface area contributed by atoms with E-state index in [1.54, 1.807) is 20.3 Å². The number of aromatic nitrogens is 1. The van der Waals surface area contributed by atoms with Gasteiger partial charge in [0, 0.05) is 43.2 Å². The van der Waals surface area contributed by atoms with Crippen LogP contribution in [-0.4, -0.2) is 58.1 Å². The van der Waals surface area contributed by atoms with Crippen LogP contribution in [0.25, 0.3) is 11.3 Å². The van der Waals surface area contributed by atoms with E-state index in [9.17, 15) is 17.2 Å². The van der Waals surface area contributed by atoms with Crippen molar-refractivity contribution in [1.82, 2.24) is 9.29 Å². The van der Waals surface area contributed by atoms with Crippen molar-refractivity contribution in [2.24, 2.45) is 0 Å². The number of benzene rings is 2. The Morgan fingerprint density at radius 2 is 1.62 bits per heavy atom. The molecule has 1 fully saturated rings. The van der Waals surface area contributed by atoms with Gasteiger partial charge in [0.05, 0.1) is 28.9 Å². The SMILES string of the molecule is COc1cc(OC)cc(-c2csc(N3CCN(S(=O)(=O)c4c(F)c(Br)cc(F)c4Br)CC3)n2)c1. The number of thiazole rings is 1. The molecule has 0 amide bonds. The zero-order valence-corrected chi connectivity index (χ0v) is 22.8. The number of methoxy groups -OCH3 is 2. The van der Waals surface area contributed by atoms with Crippen molar-refractivity contribution < 1.29 is 26.7 Å². The van der Waals surface area contributed by atoms with Crippen LogP contribution in [0, 0.1) is 11.6 Å². The van der Waals surface area contributed by atoms with E-state index in [4.69, 9.17) is 14.5 Å². The van der Waals surface area contributed by atoms with Gasteiger partial charge in [-0.05, 0) is 50.1 Å². The molecule has 0 bridgehead atoms. The summed E-state index contributed by atoms with van der Waals surface area (Å²) >= 11 is 7.19. The molecule has 0 radical (unpaired) electrons. The Kier molecular flexibility index (Phi) is 7.48. The Hall–Kier alpha value is -1.80. The van der Waals surface area contributed by atoms with Gasteiger partial charge in [-0.15, -0.1) is 11.3 Å². The summed E-state index contributed by atoms with van der Waals surface area (Å²) in [4.78, 5) is 5.94. The van der Waals surface area contributed by atoms with E-state index in [1.807, 2.05) is 22.4 Å². The van der Waals surface area contributed by atoms with Gasteiger partial charge in [-0.1, -0.05) is 0 Å². The summed E-state index contributed by atoms with van der Waals surface area (Å²) in [6.07, 6.45) is 0. The highest BCUT2D eigenvalue weighted by Gasteiger charge is 2.35. The molecule has 0 unspecified atom stereocenters. The van der Waals surface area contributed by atoms with E-state index in [1.165, 1.54) is 11.3 Å². The number of piperazine rings is 1. The second-order valence-electron chi connectivity index (χ2n) is 7.31. The van der Waals surface area contributed by atoms with Gasteiger partial charge in [0.1, 0.15) is 22.2 Å². The molecule has 2 heterocycles. The van der Waals surface area contributed by atoms with Gasteiger partial charge in [0.2, 0.25) is 10.0 Å². The lowest BCUT2D eigenvalue weighted by Crippen LogP contribution is -2.48. The molecule has 0 atom stereocenters. The number of nitrogens with zero attached hydrogens (tertiary/aromatic N) is 3. The summed E-state index contributed by atoms with van der Waals surface area (Å²) in [5.74, 6) is -0.612. The number of halogens is 4. The molecule has 2 aromatic carbocycles. The number of ether oxygens (including phenoxy) is 2. The normalized spacial score (nSPS) is 14.9. The summed E-state index contributed by atoms with van der Waals surface area (Å²) in [5.41, 5.74) is 1.57. The Balaban J connectivity index is 1.52. The molecule has 1 saturated heterocycles. The van der Waals surface area contributed by atoms with Gasteiger partial charge < -0.3 is 14.4 Å². The van der Waals surface area contributed by atoms with E-state index in [2.05, 4.69) is 31.9 Å². The van der Waals surface area contributed by atoms with Crippen molar-refractivity contribution in [3.05, 3.63) is 50.2 Å². The van der Waals surface area contributed by atoms with E-state index in [0.29, 0.717) is 24.6 Å². The van der Waals surface area contributed by atoms with E-state index >= 15 is 0 Å². The minimum Gasteiger partial charge on any atom is -0.497 e. The fraction of sp³-hybridized carbons (Fsp3) is 0.286. The monoisotopic (exact) mass is 637 g/mol. The predicted octanol–water partition coefficient (Wildman–Crippen LogP) is 5.14. The number of anilines is 1. The van der Waals surface area contributed by atoms with Crippen molar-refractivity contribution in [2.75, 3.05) is 45.3 Å². The van der Waals surface area contributed by atoms with Crippen molar-refractivity contribution >= 4 is 58.4 Å². The highest BCUT2D eigenvalue weighted by Crippen LogP contribution is 2.36. The Labute approximate surface area is 216 Å². The van der Waals surface area contributed by atoms with Crippen LogP contribution in [0.2, 0.25) is 0 Å². The van der Waals surface area contributed by atoms with E-state index in [0.717, 1.165) is 26.8 Å². The Morgan fingerprint density at radius 3 is 2.21 bits per heavy atom. The number of sulfonamides is 1. The average Bonchev–Trinajstić information content (AvgIpc) is 3.33. The van der Waals surface area contributed by atoms with Crippen LogP contribution < -0.4 is 14.4 Å². The molecule has 0 aliphatic carbocycles. The smallest absolute Gasteiger partial charge is 0.247 e. The average molecular weight is 639 g/mol. The molecule has 0 N–H and O–H groups in total. The first-order valence-electron chi connectivity index (χ1n) is 9.92. The first kappa shape index (κ1) is 25.3. The first-order valence-corrected chi connectivity index (χ1v) is 13.8. The van der Waals surface area contributed by atoms with Gasteiger partial charge in [-0.3, -0.25) is 0 Å². The molecular weight excluding hydrogens is 620 g/mol. The van der Waals surface area contributed by atoms with E-state index < -0.39 is 31.0 Å². The Morgan fingerprint density at radius 1 is 1.00 bits per heavy atom. The molecule has 182 valence electrons. The zero-order chi connectivity index (χ0) is 24.6. The summed E-state index contributed by atoms with van der Waals surface area (Å²) in [6.45, 7) is 0.904. The molecule has 0 spiro atoms. The molecular formula is C21H19Br2F2N3O4S2. The third-order valence-corrected chi connectivity index (χ3v) is 9.78. The topological polar surface area (TPSA) is 72.0 Å². The molecule has 3 aromatic rings. The third kappa shape index (κ3) is 4.81. The van der Waals surface area contributed by atoms with Crippen LogP contribution in [0.1, 0.15) is 0 Å². The molecule has 7 nitrogen and oxygen atoms in total. The summed E-state index contributed by atoms with van der Waals surface area (Å²) in [6, 6.07) is 6.37. The minimum atomic E-state index is -4.26. The first-order chi connectivity index (χ1) is 16.1. The molecule has 4 rings (SSSR count). The maximum atomic E-state index is 14.6. The summed E-state index contributed by atoms with van der Waals surface area (Å²) in [7, 11) is -1.11. The lowest BCUT2D eigenvalue weighted by Gasteiger charge is -2.34. The number of hydrogen-bond acceptors (Lipinski definition) is 7. The van der Waals surface area contributed by atoms with Gasteiger partial charge in [-0.2, -0.15) is 4.31 Å². The number of hydrogen-bond donors (Lipinski definition) is 0. The maximum absolute atomic E-state index is 14.6. The maximum Gasteiger partial charge on any atom is 0.247 e. The second kappa shape index (κ2) is 10.1. The van der Waals surface area contributed by atoms with Crippen LogP contribution in [-0.2, 0) is 10.0 Å². The van der Waals surface area contributed by atoms with Gasteiger partial charge >= 0.3 is 0 Å². The van der Waals surface area contributed by atoms with Crippen LogP contribution in [0.4, 0.5) is 13.9 Å². The fourth-order valence-corrected chi connectivity index (χ4v) is 7.41. The van der Waals surface area contributed by atoms with Crippen LogP contribution in [0.5, 0.6) is 11.5 Å². The molecule has 1 aliphatic rings. The van der Waals surface area contributed by atoms with Crippen molar-refractivity contribution in [2.45, 2.75) is 4.90 Å².